The number of nitrogens with one attached hydrogen (secondary N) is 1. The van der Waals surface area contributed by atoms with Crippen molar-refractivity contribution in [1.82, 2.24) is 19.6 Å². The molecule has 6 heteroatoms. The first-order valence-electron chi connectivity index (χ1n) is 13.2. The molecule has 2 aliphatic heterocycles. The molecule has 0 aliphatic carbocycles. The van der Waals surface area contributed by atoms with E-state index in [0.717, 1.165) is 43.9 Å². The van der Waals surface area contributed by atoms with Crippen molar-refractivity contribution < 1.29 is 4.79 Å². The summed E-state index contributed by atoms with van der Waals surface area (Å²) in [4.78, 5) is 18.5. The minimum Gasteiger partial charge on any atom is -0.385 e. The minimum atomic E-state index is 0.254. The number of carbonyl (C=O) groups excluding carboxylic acids is 1. The van der Waals surface area contributed by atoms with Crippen molar-refractivity contribution in [1.29, 1.82) is 0 Å². The van der Waals surface area contributed by atoms with Crippen LogP contribution in [0.2, 0.25) is 0 Å². The number of rotatable bonds is 6. The molecule has 2 aromatic rings. The number of hydrogen-bond acceptors (Lipinski definition) is 4. The summed E-state index contributed by atoms with van der Waals surface area (Å²) < 4.78 is 1.93. The molecule has 1 saturated heterocycles. The molecule has 1 N–H and O–H groups in total. The Kier molecular flexibility index (Phi) is 7.97. The quantitative estimate of drug-likeness (QED) is 0.672. The summed E-state index contributed by atoms with van der Waals surface area (Å²) in [5.74, 6) is 0.952. The number of hydrogen-bond donors (Lipinski definition) is 1. The van der Waals surface area contributed by atoms with Crippen LogP contribution >= 0.6 is 0 Å². The van der Waals surface area contributed by atoms with E-state index in [9.17, 15) is 4.79 Å². The van der Waals surface area contributed by atoms with E-state index in [0.29, 0.717) is 31.0 Å². The van der Waals surface area contributed by atoms with Crippen LogP contribution in [0.5, 0.6) is 0 Å². The number of aryl methyl sites for hydroxylation is 2. The predicted molar refractivity (Wildman–Crippen MR) is 139 cm³/mol. The highest BCUT2D eigenvalue weighted by Crippen LogP contribution is 2.30. The zero-order chi connectivity index (χ0) is 24.2. The van der Waals surface area contributed by atoms with Gasteiger partial charge in [-0.1, -0.05) is 32.0 Å². The number of benzene rings is 1. The van der Waals surface area contributed by atoms with E-state index in [2.05, 4.69) is 65.3 Å². The first-order valence-corrected chi connectivity index (χ1v) is 13.2. The Balaban J connectivity index is 1.55. The molecule has 0 radical (unpaired) electrons. The lowest BCUT2D eigenvalue weighted by atomic mass is 10.1. The molecule has 6 nitrogen and oxygen atoms in total. The summed E-state index contributed by atoms with van der Waals surface area (Å²) in [6.45, 7) is 12.4. The second kappa shape index (κ2) is 10.9. The van der Waals surface area contributed by atoms with Crippen LogP contribution in [0.15, 0.2) is 24.3 Å². The van der Waals surface area contributed by atoms with Gasteiger partial charge in [0, 0.05) is 56.6 Å². The zero-order valence-corrected chi connectivity index (χ0v) is 21.8. The topological polar surface area (TPSA) is 53.4 Å². The molecule has 3 heterocycles. The fourth-order valence-electron chi connectivity index (χ4n) is 5.78. The van der Waals surface area contributed by atoms with Crippen molar-refractivity contribution in [3.8, 4) is 0 Å². The maximum Gasteiger partial charge on any atom is 0.223 e. The number of fused-ring (bicyclic) bond motifs is 3. The van der Waals surface area contributed by atoms with Gasteiger partial charge >= 0.3 is 0 Å². The fraction of sp³-hybridized carbons (Fsp3) is 0.643. The normalized spacial score (nSPS) is 21.3. The first kappa shape index (κ1) is 24.8. The van der Waals surface area contributed by atoms with Gasteiger partial charge in [0.2, 0.25) is 5.91 Å². The Hall–Kier alpha value is -2.34. The first-order chi connectivity index (χ1) is 16.3. The summed E-state index contributed by atoms with van der Waals surface area (Å²) in [5, 5.41) is 8.23. The zero-order valence-electron chi connectivity index (χ0n) is 21.8. The molecule has 34 heavy (non-hydrogen) atoms. The maximum atomic E-state index is 13.7. The van der Waals surface area contributed by atoms with Gasteiger partial charge in [-0.05, 0) is 75.6 Å². The molecule has 4 rings (SSSR count). The lowest BCUT2D eigenvalue weighted by Crippen LogP contribution is -2.45. The second-order valence-corrected chi connectivity index (χ2v) is 10.7. The van der Waals surface area contributed by atoms with E-state index < -0.39 is 0 Å². The smallest absolute Gasteiger partial charge is 0.223 e. The van der Waals surface area contributed by atoms with E-state index >= 15 is 0 Å². The Morgan fingerprint density at radius 1 is 1.15 bits per heavy atom. The van der Waals surface area contributed by atoms with Crippen LogP contribution in [-0.2, 0) is 24.8 Å². The van der Waals surface area contributed by atoms with Gasteiger partial charge in [0.25, 0.3) is 0 Å². The molecule has 2 atom stereocenters. The predicted octanol–water partition coefficient (Wildman–Crippen LogP) is 4.69. The van der Waals surface area contributed by atoms with Crippen LogP contribution in [0.1, 0.15) is 68.5 Å². The van der Waals surface area contributed by atoms with Crippen LogP contribution in [0.3, 0.4) is 0 Å². The minimum absolute atomic E-state index is 0.254. The molecule has 2 bridgehead atoms. The van der Waals surface area contributed by atoms with E-state index in [1.807, 2.05) is 18.7 Å². The largest absolute Gasteiger partial charge is 0.385 e. The van der Waals surface area contributed by atoms with Crippen LogP contribution in [0.4, 0.5) is 5.69 Å². The number of nitrogens with zero attached hydrogens (tertiary/aromatic N) is 4. The lowest BCUT2D eigenvalue weighted by molar-refractivity contribution is -0.132. The van der Waals surface area contributed by atoms with Crippen LogP contribution < -0.4 is 5.32 Å². The third-order valence-electron chi connectivity index (χ3n) is 7.94. The average Bonchev–Trinajstić information content (AvgIpc) is 3.28. The van der Waals surface area contributed by atoms with Gasteiger partial charge in [0.15, 0.2) is 0 Å². The van der Waals surface area contributed by atoms with Gasteiger partial charge in [-0.2, -0.15) is 5.10 Å². The number of amides is 1. The Labute approximate surface area is 205 Å². The Morgan fingerprint density at radius 2 is 1.91 bits per heavy atom. The second-order valence-electron chi connectivity index (χ2n) is 10.7. The molecule has 186 valence electrons. The lowest BCUT2D eigenvalue weighted by Gasteiger charge is -2.34. The number of carbonyl (C=O) groups is 1. The summed E-state index contributed by atoms with van der Waals surface area (Å²) in [6.07, 6.45) is 6.10. The maximum absolute atomic E-state index is 13.7. The van der Waals surface area contributed by atoms with Gasteiger partial charge in [-0.25, -0.2) is 0 Å². The van der Waals surface area contributed by atoms with Crippen molar-refractivity contribution in [2.45, 2.75) is 84.8 Å². The van der Waals surface area contributed by atoms with Crippen LogP contribution in [0.25, 0.3) is 0 Å². The highest BCUT2D eigenvalue weighted by molar-refractivity contribution is 5.77. The number of para-hydroxylation sites is 1. The van der Waals surface area contributed by atoms with Gasteiger partial charge in [-0.3, -0.25) is 14.4 Å². The summed E-state index contributed by atoms with van der Waals surface area (Å²) in [6, 6.07) is 9.58. The monoisotopic (exact) mass is 465 g/mol. The number of anilines is 1. The highest BCUT2D eigenvalue weighted by Gasteiger charge is 2.35. The third-order valence-corrected chi connectivity index (χ3v) is 7.94. The molecule has 1 amide bonds. The molecule has 0 saturated carbocycles. The van der Waals surface area contributed by atoms with Crippen LogP contribution in [0, 0.1) is 19.8 Å². The summed E-state index contributed by atoms with van der Waals surface area (Å²) in [7, 11) is 1.98. The van der Waals surface area contributed by atoms with Gasteiger partial charge in [0.1, 0.15) is 0 Å². The fourth-order valence-corrected chi connectivity index (χ4v) is 5.78. The van der Waals surface area contributed by atoms with Crippen molar-refractivity contribution in [2.75, 3.05) is 25.0 Å². The van der Waals surface area contributed by atoms with E-state index in [1.165, 1.54) is 36.1 Å². The molecule has 0 unspecified atom stereocenters. The molecule has 2 aliphatic rings. The van der Waals surface area contributed by atoms with Crippen LogP contribution in [-0.4, -0.2) is 57.2 Å². The van der Waals surface area contributed by atoms with Crippen molar-refractivity contribution >= 4 is 11.6 Å². The van der Waals surface area contributed by atoms with E-state index in [-0.39, 0.29) is 5.91 Å². The van der Waals surface area contributed by atoms with Gasteiger partial charge in [-0.15, -0.1) is 0 Å². The van der Waals surface area contributed by atoms with Crippen molar-refractivity contribution in [2.24, 2.45) is 13.0 Å². The number of aromatic nitrogens is 2. The third kappa shape index (κ3) is 5.65. The molecular formula is C28H43N5O. The van der Waals surface area contributed by atoms with Gasteiger partial charge < -0.3 is 10.2 Å². The van der Waals surface area contributed by atoms with E-state index in [1.54, 1.807) is 0 Å². The highest BCUT2D eigenvalue weighted by atomic mass is 16.2. The molecule has 0 spiro atoms. The molecular weight excluding hydrogens is 422 g/mol. The Morgan fingerprint density at radius 3 is 2.65 bits per heavy atom. The average molecular weight is 466 g/mol. The molecule has 1 aromatic heterocycles. The molecule has 1 fully saturated rings. The molecule has 1 aromatic carbocycles. The Bertz CT molecular complexity index is 981. The van der Waals surface area contributed by atoms with Gasteiger partial charge in [0.05, 0.1) is 5.69 Å². The SMILES string of the molecule is Cc1nn(C)c(C)c1CCC(=O)N1Cc2ccccc2NCC[C@H]2CC[C@@H](C1)N2CCC(C)C. The van der Waals surface area contributed by atoms with E-state index in [4.69, 9.17) is 0 Å². The summed E-state index contributed by atoms with van der Waals surface area (Å²) >= 11 is 0. The van der Waals surface area contributed by atoms with Crippen molar-refractivity contribution in [3.63, 3.8) is 0 Å². The summed E-state index contributed by atoms with van der Waals surface area (Å²) in [5.41, 5.74) is 5.81. The standard InChI is InChI=1S/C28H43N5O/c1-20(2)15-17-33-24-10-11-25(33)19-32(18-23-8-6-7-9-27(23)29-16-14-24)28(34)13-12-26-21(3)30-31(5)22(26)4/h6-9,20,24-25,29H,10-19H2,1-5H3/t24-,25+/m1/s1. The van der Waals surface area contributed by atoms with Crippen molar-refractivity contribution in [3.05, 3.63) is 46.8 Å².